The van der Waals surface area contributed by atoms with Gasteiger partial charge in [0.1, 0.15) is 12.1 Å². The Morgan fingerprint density at radius 1 is 1.13 bits per heavy atom. The molecule has 3 rings (SSSR count). The van der Waals surface area contributed by atoms with E-state index in [0.717, 1.165) is 11.1 Å². The van der Waals surface area contributed by atoms with Crippen LogP contribution in [0.25, 0.3) is 0 Å². The smallest absolute Gasteiger partial charge is 0.249 e. The first-order chi connectivity index (χ1) is 11.2. The molecule has 1 atom stereocenters. The molecule has 0 aliphatic rings. The number of hydrogen-bond acceptors (Lipinski definition) is 4. The number of hydrogen-bond donors (Lipinski definition) is 1. The molecule has 1 heterocycles. The molecule has 1 unspecified atom stereocenters. The molecule has 2 aromatic carbocycles. The number of benzene rings is 2. The molecule has 0 aliphatic carbocycles. The molecule has 1 N–H and O–H groups in total. The van der Waals surface area contributed by atoms with Gasteiger partial charge in [0.2, 0.25) is 5.91 Å². The fourth-order valence-electron chi connectivity index (χ4n) is 2.23. The highest BCUT2D eigenvalue weighted by Crippen LogP contribution is 2.17. The molecule has 6 nitrogen and oxygen atoms in total. The van der Waals surface area contributed by atoms with Crippen LogP contribution < -0.4 is 5.32 Å². The van der Waals surface area contributed by atoms with Crippen molar-refractivity contribution in [2.24, 2.45) is 0 Å². The molecule has 116 valence electrons. The first-order valence-electron chi connectivity index (χ1n) is 7.03. The lowest BCUT2D eigenvalue weighted by molar-refractivity contribution is -0.123. The average molecular weight is 311 g/mol. The van der Waals surface area contributed by atoms with Gasteiger partial charge in [0, 0.05) is 6.54 Å². The lowest BCUT2D eigenvalue weighted by Gasteiger charge is -2.16. The molecule has 0 saturated carbocycles. The van der Waals surface area contributed by atoms with Crippen LogP contribution in [0.5, 0.6) is 0 Å². The van der Waals surface area contributed by atoms with Crippen molar-refractivity contribution in [3.05, 3.63) is 77.9 Å². The molecular formula is C16H14FN5O. The van der Waals surface area contributed by atoms with Crippen LogP contribution >= 0.6 is 0 Å². The summed E-state index contributed by atoms with van der Waals surface area (Å²) in [6.45, 7) is 0.296. The molecule has 1 aromatic heterocycles. The van der Waals surface area contributed by atoms with E-state index in [1.54, 1.807) is 12.1 Å². The van der Waals surface area contributed by atoms with Gasteiger partial charge in [-0.05, 0) is 33.7 Å². The maximum absolute atomic E-state index is 12.9. The van der Waals surface area contributed by atoms with Gasteiger partial charge in [-0.15, -0.1) is 5.10 Å². The van der Waals surface area contributed by atoms with Gasteiger partial charge in [0.25, 0.3) is 0 Å². The number of amides is 1. The van der Waals surface area contributed by atoms with Gasteiger partial charge in [-0.3, -0.25) is 4.79 Å². The van der Waals surface area contributed by atoms with Crippen LogP contribution in [0.15, 0.2) is 60.9 Å². The molecule has 0 radical (unpaired) electrons. The van der Waals surface area contributed by atoms with Crippen LogP contribution in [0.1, 0.15) is 17.2 Å². The summed E-state index contributed by atoms with van der Waals surface area (Å²) in [5.74, 6) is -0.552. The predicted octanol–water partition coefficient (Wildman–Crippen LogP) is 1.72. The number of rotatable bonds is 5. The van der Waals surface area contributed by atoms with Gasteiger partial charge < -0.3 is 5.32 Å². The summed E-state index contributed by atoms with van der Waals surface area (Å²) in [7, 11) is 0. The number of halogens is 1. The summed E-state index contributed by atoms with van der Waals surface area (Å²) in [5, 5.41) is 13.8. The van der Waals surface area contributed by atoms with E-state index in [1.165, 1.54) is 23.1 Å². The monoisotopic (exact) mass is 311 g/mol. The molecular weight excluding hydrogens is 297 g/mol. The highest BCUT2D eigenvalue weighted by Gasteiger charge is 2.23. The number of tetrazole rings is 1. The van der Waals surface area contributed by atoms with Crippen molar-refractivity contribution >= 4 is 5.91 Å². The second kappa shape index (κ2) is 6.78. The van der Waals surface area contributed by atoms with E-state index in [4.69, 9.17) is 0 Å². The summed E-state index contributed by atoms with van der Waals surface area (Å²) in [4.78, 5) is 12.6. The Kier molecular flexibility index (Phi) is 4.37. The molecule has 0 fully saturated rings. The van der Waals surface area contributed by atoms with Crippen molar-refractivity contribution in [3.8, 4) is 0 Å². The van der Waals surface area contributed by atoms with Crippen molar-refractivity contribution in [2.45, 2.75) is 12.6 Å². The zero-order chi connectivity index (χ0) is 16.1. The van der Waals surface area contributed by atoms with Crippen LogP contribution in [0.4, 0.5) is 4.39 Å². The minimum absolute atomic E-state index is 0.243. The van der Waals surface area contributed by atoms with Crippen molar-refractivity contribution in [3.63, 3.8) is 0 Å². The van der Waals surface area contributed by atoms with E-state index < -0.39 is 6.04 Å². The Bertz CT molecular complexity index is 759. The molecule has 0 aliphatic heterocycles. The Balaban J connectivity index is 1.77. The summed E-state index contributed by atoms with van der Waals surface area (Å²) in [6.07, 6.45) is 1.40. The SMILES string of the molecule is O=C(NCc1ccc(F)cc1)C(c1ccccc1)n1cnnn1. The van der Waals surface area contributed by atoms with Gasteiger partial charge in [-0.2, -0.15) is 0 Å². The standard InChI is InChI=1S/C16H14FN5O/c17-14-8-6-12(7-9-14)10-18-16(23)15(22-11-19-20-21-22)13-4-2-1-3-5-13/h1-9,11,15H,10H2,(H,18,23). The number of aromatic nitrogens is 4. The molecule has 3 aromatic rings. The van der Waals surface area contributed by atoms with E-state index in [1.807, 2.05) is 30.3 Å². The van der Waals surface area contributed by atoms with Gasteiger partial charge in [-0.1, -0.05) is 42.5 Å². The summed E-state index contributed by atoms with van der Waals surface area (Å²) in [6, 6.07) is 14.6. The van der Waals surface area contributed by atoms with Crippen LogP contribution in [0, 0.1) is 5.82 Å². The van der Waals surface area contributed by atoms with Gasteiger partial charge in [0.05, 0.1) is 0 Å². The van der Waals surface area contributed by atoms with E-state index >= 15 is 0 Å². The number of carbonyl (C=O) groups is 1. The number of nitrogens with zero attached hydrogens (tertiary/aromatic N) is 4. The largest absolute Gasteiger partial charge is 0.350 e. The first-order valence-corrected chi connectivity index (χ1v) is 7.03. The molecule has 0 saturated heterocycles. The van der Waals surface area contributed by atoms with E-state index in [2.05, 4.69) is 20.8 Å². The zero-order valence-corrected chi connectivity index (χ0v) is 12.1. The van der Waals surface area contributed by atoms with Crippen molar-refractivity contribution in [1.29, 1.82) is 0 Å². The van der Waals surface area contributed by atoms with Crippen molar-refractivity contribution in [1.82, 2.24) is 25.5 Å². The second-order valence-electron chi connectivity index (χ2n) is 4.95. The van der Waals surface area contributed by atoms with E-state index in [9.17, 15) is 9.18 Å². The lowest BCUT2D eigenvalue weighted by atomic mass is 10.1. The summed E-state index contributed by atoms with van der Waals surface area (Å²) >= 11 is 0. The van der Waals surface area contributed by atoms with Gasteiger partial charge in [-0.25, -0.2) is 9.07 Å². The Morgan fingerprint density at radius 2 is 1.87 bits per heavy atom. The summed E-state index contributed by atoms with van der Waals surface area (Å²) < 4.78 is 14.3. The topological polar surface area (TPSA) is 72.7 Å². The fraction of sp³-hybridized carbons (Fsp3) is 0.125. The molecule has 0 spiro atoms. The third-order valence-corrected chi connectivity index (χ3v) is 3.37. The van der Waals surface area contributed by atoms with Crippen LogP contribution in [0.3, 0.4) is 0 Å². The highest BCUT2D eigenvalue weighted by atomic mass is 19.1. The van der Waals surface area contributed by atoms with Gasteiger partial charge in [0.15, 0.2) is 6.04 Å². The average Bonchev–Trinajstić information content (AvgIpc) is 3.10. The van der Waals surface area contributed by atoms with Gasteiger partial charge >= 0.3 is 0 Å². The number of nitrogens with one attached hydrogen (secondary N) is 1. The maximum atomic E-state index is 12.9. The summed E-state index contributed by atoms with van der Waals surface area (Å²) in [5.41, 5.74) is 1.58. The maximum Gasteiger partial charge on any atom is 0.249 e. The molecule has 23 heavy (non-hydrogen) atoms. The lowest BCUT2D eigenvalue weighted by Crippen LogP contribution is -2.33. The molecule has 1 amide bonds. The van der Waals surface area contributed by atoms with Crippen LogP contribution in [-0.2, 0) is 11.3 Å². The fourth-order valence-corrected chi connectivity index (χ4v) is 2.23. The minimum atomic E-state index is -0.661. The van der Waals surface area contributed by atoms with Crippen molar-refractivity contribution < 1.29 is 9.18 Å². The Morgan fingerprint density at radius 3 is 2.52 bits per heavy atom. The van der Waals surface area contributed by atoms with Crippen LogP contribution in [-0.4, -0.2) is 26.1 Å². The van der Waals surface area contributed by atoms with E-state index in [-0.39, 0.29) is 11.7 Å². The quantitative estimate of drug-likeness (QED) is 0.778. The second-order valence-corrected chi connectivity index (χ2v) is 4.95. The zero-order valence-electron chi connectivity index (χ0n) is 12.1. The third-order valence-electron chi connectivity index (χ3n) is 3.37. The molecule has 7 heteroatoms. The molecule has 0 bridgehead atoms. The van der Waals surface area contributed by atoms with Crippen molar-refractivity contribution in [2.75, 3.05) is 0 Å². The number of carbonyl (C=O) groups excluding carboxylic acids is 1. The highest BCUT2D eigenvalue weighted by molar-refractivity contribution is 5.83. The predicted molar refractivity (Wildman–Crippen MR) is 80.6 cm³/mol. The Hall–Kier alpha value is -3.09. The Labute approximate surface area is 132 Å². The normalized spacial score (nSPS) is 11.9. The minimum Gasteiger partial charge on any atom is -0.350 e. The first kappa shape index (κ1) is 14.8. The van der Waals surface area contributed by atoms with Crippen LogP contribution in [0.2, 0.25) is 0 Å². The third kappa shape index (κ3) is 3.57. The van der Waals surface area contributed by atoms with E-state index in [0.29, 0.717) is 6.54 Å².